The molecule has 182 valence electrons. The molecule has 0 aromatic heterocycles. The van der Waals surface area contributed by atoms with E-state index in [1.165, 1.54) is 0 Å². The lowest BCUT2D eigenvalue weighted by Gasteiger charge is -2.38. The Balaban J connectivity index is 2.97. The van der Waals surface area contributed by atoms with E-state index >= 15 is 0 Å². The molecule has 0 bridgehead atoms. The van der Waals surface area contributed by atoms with E-state index in [0.717, 1.165) is 0 Å². The fourth-order valence-electron chi connectivity index (χ4n) is 3.25. The van der Waals surface area contributed by atoms with Crippen LogP contribution in [0.5, 0.6) is 0 Å². The molecule has 0 aliphatic carbocycles. The lowest BCUT2D eigenvalue weighted by atomic mass is 10.1. The molecule has 1 aliphatic heterocycles. The average Bonchev–Trinajstić information content (AvgIpc) is 2.88. The van der Waals surface area contributed by atoms with Crippen LogP contribution in [0, 0.1) is 0 Å². The summed E-state index contributed by atoms with van der Waals surface area (Å²) >= 11 is 0. The van der Waals surface area contributed by atoms with E-state index in [1.807, 2.05) is 48.5 Å². The Morgan fingerprint density at radius 3 is 1.94 bits per heavy atom. The highest BCUT2D eigenvalue weighted by Gasteiger charge is 2.42. The summed E-state index contributed by atoms with van der Waals surface area (Å²) in [5.41, 5.74) is -1.15. The first-order chi connectivity index (χ1) is 13.8. The van der Waals surface area contributed by atoms with Crippen molar-refractivity contribution in [1.29, 1.82) is 0 Å². The maximum Gasteiger partial charge on any atom is 0.410 e. The zero-order valence-electron chi connectivity index (χ0n) is 21.9. The molecule has 1 aliphatic rings. The van der Waals surface area contributed by atoms with Gasteiger partial charge in [0, 0.05) is 13.1 Å². The molecular weight excluding hydrogens is 412 g/mol. The van der Waals surface area contributed by atoms with Gasteiger partial charge in [0.1, 0.15) is 11.2 Å². The van der Waals surface area contributed by atoms with Crippen molar-refractivity contribution >= 4 is 20.5 Å². The van der Waals surface area contributed by atoms with Crippen LogP contribution in [-0.2, 0) is 13.9 Å². The highest BCUT2D eigenvalue weighted by molar-refractivity contribution is 6.74. The van der Waals surface area contributed by atoms with E-state index < -0.39 is 19.5 Å². The molecule has 1 rings (SSSR count). The summed E-state index contributed by atoms with van der Waals surface area (Å²) in [5, 5.41) is 0.0952. The molecular formula is C23H46N2O5Si. The lowest BCUT2D eigenvalue weighted by Crippen LogP contribution is -2.51. The van der Waals surface area contributed by atoms with Crippen molar-refractivity contribution in [3.8, 4) is 0 Å². The van der Waals surface area contributed by atoms with Crippen LogP contribution in [0.2, 0.25) is 18.1 Å². The van der Waals surface area contributed by atoms with Gasteiger partial charge in [-0.2, -0.15) is 0 Å². The Kier molecular flexibility index (Phi) is 8.67. The number of carbonyl (C=O) groups excluding carboxylic acids is 2. The fourth-order valence-corrected chi connectivity index (χ4v) is 4.28. The molecule has 0 unspecified atom stereocenters. The molecule has 1 saturated heterocycles. The van der Waals surface area contributed by atoms with E-state index in [1.54, 1.807) is 9.80 Å². The summed E-state index contributed by atoms with van der Waals surface area (Å²) in [6.07, 6.45) is -0.0295. The Labute approximate surface area is 190 Å². The largest absolute Gasteiger partial charge is 0.444 e. The first-order valence-corrected chi connectivity index (χ1v) is 14.3. The number of rotatable bonds is 5. The Morgan fingerprint density at radius 1 is 0.968 bits per heavy atom. The van der Waals surface area contributed by atoms with Crippen LogP contribution in [0.25, 0.3) is 0 Å². The van der Waals surface area contributed by atoms with Gasteiger partial charge in [-0.25, -0.2) is 9.59 Å². The second kappa shape index (κ2) is 9.69. The van der Waals surface area contributed by atoms with Gasteiger partial charge in [-0.1, -0.05) is 20.8 Å². The highest BCUT2D eigenvalue weighted by atomic mass is 28.4. The third kappa shape index (κ3) is 8.29. The van der Waals surface area contributed by atoms with Crippen LogP contribution in [-0.4, -0.2) is 73.3 Å². The number of amides is 2. The Bertz CT molecular complexity index is 631. The summed E-state index contributed by atoms with van der Waals surface area (Å²) in [5.74, 6) is 0. The van der Waals surface area contributed by atoms with Gasteiger partial charge in [0.15, 0.2) is 8.32 Å². The predicted octanol–water partition coefficient (Wildman–Crippen LogP) is 5.64. The zero-order chi connectivity index (χ0) is 24.4. The molecule has 2 amide bonds. The van der Waals surface area contributed by atoms with Gasteiger partial charge in [0.2, 0.25) is 0 Å². The van der Waals surface area contributed by atoms with E-state index in [4.69, 9.17) is 13.9 Å². The Hall–Kier alpha value is -1.28. The van der Waals surface area contributed by atoms with Crippen LogP contribution >= 0.6 is 0 Å². The molecule has 0 aromatic rings. The molecule has 0 aromatic carbocycles. The van der Waals surface area contributed by atoms with Gasteiger partial charge in [-0.15, -0.1) is 0 Å². The van der Waals surface area contributed by atoms with Gasteiger partial charge in [0.05, 0.1) is 18.7 Å². The third-order valence-electron chi connectivity index (χ3n) is 5.97. The molecule has 31 heavy (non-hydrogen) atoms. The number of hydrogen-bond acceptors (Lipinski definition) is 5. The van der Waals surface area contributed by atoms with Crippen molar-refractivity contribution in [2.24, 2.45) is 0 Å². The molecule has 0 radical (unpaired) electrons. The second-order valence-corrected chi connectivity index (χ2v) is 16.9. The first kappa shape index (κ1) is 27.8. The van der Waals surface area contributed by atoms with E-state index in [0.29, 0.717) is 26.1 Å². The standard InChI is InChI=1S/C23H46N2O5Si/c1-17-18(13-14-24(17)19(26)29-21(2,3)4)25(20(27)30-22(5,6)7)15-16-28-31(11,12)23(8,9)10/h17-18H,13-16H2,1-12H3/t17-,18-/m0/s1. The van der Waals surface area contributed by atoms with E-state index in [9.17, 15) is 9.59 Å². The molecule has 0 N–H and O–H groups in total. The van der Waals surface area contributed by atoms with Gasteiger partial charge in [-0.05, 0) is 73.0 Å². The van der Waals surface area contributed by atoms with Gasteiger partial charge < -0.3 is 23.7 Å². The SMILES string of the molecule is C[C@H]1[C@@H](N(CCO[Si](C)(C)C(C)(C)C)C(=O)OC(C)(C)C)CCN1C(=O)OC(C)(C)C. The van der Waals surface area contributed by atoms with Crippen molar-refractivity contribution in [3.63, 3.8) is 0 Å². The molecule has 1 heterocycles. The van der Waals surface area contributed by atoms with Crippen LogP contribution in [0.3, 0.4) is 0 Å². The summed E-state index contributed by atoms with van der Waals surface area (Å²) in [7, 11) is -1.93. The van der Waals surface area contributed by atoms with Crippen molar-refractivity contribution < 1.29 is 23.5 Å². The molecule has 1 fully saturated rings. The number of ether oxygens (including phenoxy) is 2. The highest BCUT2D eigenvalue weighted by Crippen LogP contribution is 2.36. The van der Waals surface area contributed by atoms with E-state index in [-0.39, 0.29) is 29.3 Å². The lowest BCUT2D eigenvalue weighted by molar-refractivity contribution is 0.00330. The normalized spacial score (nSPS) is 20.6. The van der Waals surface area contributed by atoms with Crippen LogP contribution in [0.4, 0.5) is 9.59 Å². The molecule has 7 nitrogen and oxygen atoms in total. The topological polar surface area (TPSA) is 68.3 Å². The molecule has 8 heteroatoms. The molecule has 0 saturated carbocycles. The van der Waals surface area contributed by atoms with Gasteiger partial charge in [0.25, 0.3) is 0 Å². The number of likely N-dealkylation sites (tertiary alicyclic amines) is 1. The third-order valence-corrected chi connectivity index (χ3v) is 10.5. The fraction of sp³-hybridized carbons (Fsp3) is 0.913. The minimum atomic E-state index is -1.93. The predicted molar refractivity (Wildman–Crippen MR) is 127 cm³/mol. The summed E-state index contributed by atoms with van der Waals surface area (Å²) in [6.45, 7) is 25.5. The summed E-state index contributed by atoms with van der Waals surface area (Å²) in [6, 6.07) is -0.319. The number of carbonyl (C=O) groups is 2. The maximum atomic E-state index is 13.1. The Morgan fingerprint density at radius 2 is 1.48 bits per heavy atom. The van der Waals surface area contributed by atoms with Crippen molar-refractivity contribution in [2.75, 3.05) is 19.7 Å². The molecule has 2 atom stereocenters. The van der Waals surface area contributed by atoms with Gasteiger partial charge in [-0.3, -0.25) is 0 Å². The van der Waals surface area contributed by atoms with Crippen molar-refractivity contribution in [3.05, 3.63) is 0 Å². The summed E-state index contributed by atoms with van der Waals surface area (Å²) in [4.78, 5) is 29.2. The van der Waals surface area contributed by atoms with Crippen LogP contribution in [0.1, 0.15) is 75.7 Å². The summed E-state index contributed by atoms with van der Waals surface area (Å²) < 4.78 is 17.6. The van der Waals surface area contributed by atoms with Gasteiger partial charge >= 0.3 is 12.2 Å². The van der Waals surface area contributed by atoms with Crippen molar-refractivity contribution in [2.45, 2.75) is 117 Å². The number of nitrogens with zero attached hydrogens (tertiary/aromatic N) is 2. The average molecular weight is 459 g/mol. The second-order valence-electron chi connectivity index (χ2n) is 12.1. The maximum absolute atomic E-state index is 13.1. The quantitative estimate of drug-likeness (QED) is 0.498. The van der Waals surface area contributed by atoms with Crippen molar-refractivity contribution in [1.82, 2.24) is 9.80 Å². The van der Waals surface area contributed by atoms with E-state index in [2.05, 4.69) is 33.9 Å². The first-order valence-electron chi connectivity index (χ1n) is 11.4. The van der Waals surface area contributed by atoms with Crippen LogP contribution in [0.15, 0.2) is 0 Å². The van der Waals surface area contributed by atoms with Crippen LogP contribution < -0.4 is 0 Å². The monoisotopic (exact) mass is 458 g/mol. The minimum absolute atomic E-state index is 0.0952. The molecule has 0 spiro atoms. The minimum Gasteiger partial charge on any atom is -0.444 e. The zero-order valence-corrected chi connectivity index (χ0v) is 22.9. The smallest absolute Gasteiger partial charge is 0.410 e. The number of hydrogen-bond donors (Lipinski definition) is 0.